The molecule has 92 valence electrons. The largest absolute Gasteiger partial charge is 0.480 e. The highest BCUT2D eigenvalue weighted by Gasteiger charge is 2.12. The number of aliphatic carboxylic acids is 1. The van der Waals surface area contributed by atoms with E-state index in [1.807, 2.05) is 18.4 Å². The third-order valence-corrected chi connectivity index (χ3v) is 3.09. The minimum atomic E-state index is -0.962. The molecule has 0 aliphatic rings. The molecule has 0 saturated heterocycles. The van der Waals surface area contributed by atoms with Crippen molar-refractivity contribution in [3.05, 3.63) is 29.8 Å². The van der Waals surface area contributed by atoms with Gasteiger partial charge in [0, 0.05) is 10.5 Å². The number of thioether (sulfide) groups is 1. The zero-order valence-electron chi connectivity index (χ0n) is 9.77. The molecule has 0 heterocycles. The van der Waals surface area contributed by atoms with Crippen LogP contribution in [0.4, 0.5) is 0 Å². The van der Waals surface area contributed by atoms with Crippen molar-refractivity contribution in [3.8, 4) is 0 Å². The van der Waals surface area contributed by atoms with Gasteiger partial charge in [-0.05, 0) is 25.3 Å². The molecule has 0 aliphatic carbocycles. The smallest absolute Gasteiger partial charge is 0.320 e. The number of hydrogen-bond donors (Lipinski definition) is 2. The lowest BCUT2D eigenvalue weighted by atomic mass is 10.1. The molecule has 0 bridgehead atoms. The Morgan fingerprint density at radius 1 is 1.35 bits per heavy atom. The van der Waals surface area contributed by atoms with Crippen LogP contribution in [0.5, 0.6) is 0 Å². The fourth-order valence-electron chi connectivity index (χ4n) is 1.21. The molecular formula is C12H15NO3S. The summed E-state index contributed by atoms with van der Waals surface area (Å²) in [6.45, 7) is 1.54. The number of carbonyl (C=O) groups excluding carboxylic acids is 1. The molecule has 1 aromatic carbocycles. The Hall–Kier alpha value is -1.33. The van der Waals surface area contributed by atoms with Gasteiger partial charge in [0.05, 0.1) is 6.54 Å². The van der Waals surface area contributed by atoms with Crippen LogP contribution < -0.4 is 5.32 Å². The fraction of sp³-hybridized carbons (Fsp3) is 0.333. The number of ketones is 1. The molecule has 0 fully saturated rings. The van der Waals surface area contributed by atoms with Crippen LogP contribution in [-0.4, -0.2) is 35.7 Å². The maximum Gasteiger partial charge on any atom is 0.320 e. The van der Waals surface area contributed by atoms with E-state index in [2.05, 4.69) is 5.32 Å². The van der Waals surface area contributed by atoms with Crippen molar-refractivity contribution < 1.29 is 14.7 Å². The normalized spacial score (nSPS) is 12.1. The monoisotopic (exact) mass is 253 g/mol. The first-order valence-electron chi connectivity index (χ1n) is 5.18. The van der Waals surface area contributed by atoms with E-state index in [-0.39, 0.29) is 12.3 Å². The third kappa shape index (κ3) is 4.20. The van der Waals surface area contributed by atoms with Gasteiger partial charge in [-0.15, -0.1) is 11.8 Å². The van der Waals surface area contributed by atoms with Gasteiger partial charge < -0.3 is 5.11 Å². The Morgan fingerprint density at radius 3 is 2.41 bits per heavy atom. The predicted octanol–water partition coefficient (Wildman–Crippen LogP) is 1.65. The molecule has 2 N–H and O–H groups in total. The third-order valence-electron chi connectivity index (χ3n) is 2.35. The van der Waals surface area contributed by atoms with E-state index in [0.717, 1.165) is 4.90 Å². The highest BCUT2D eigenvalue weighted by molar-refractivity contribution is 7.98. The van der Waals surface area contributed by atoms with E-state index in [1.54, 1.807) is 23.9 Å². The SMILES string of the molecule is CSc1ccc(C(=O)CNC(C)C(=O)O)cc1. The van der Waals surface area contributed by atoms with Crippen molar-refractivity contribution in [2.24, 2.45) is 0 Å². The van der Waals surface area contributed by atoms with E-state index in [0.29, 0.717) is 5.56 Å². The Bertz CT molecular complexity index is 403. The van der Waals surface area contributed by atoms with E-state index in [4.69, 9.17) is 5.11 Å². The Kier molecular flexibility index (Phi) is 5.18. The van der Waals surface area contributed by atoms with Gasteiger partial charge in [-0.3, -0.25) is 14.9 Å². The van der Waals surface area contributed by atoms with Crippen molar-refractivity contribution in [1.82, 2.24) is 5.32 Å². The maximum absolute atomic E-state index is 11.7. The minimum absolute atomic E-state index is 0.0338. The summed E-state index contributed by atoms with van der Waals surface area (Å²) in [7, 11) is 0. The van der Waals surface area contributed by atoms with E-state index in [1.165, 1.54) is 6.92 Å². The molecule has 0 spiro atoms. The molecule has 5 heteroatoms. The Labute approximate surface area is 104 Å². The van der Waals surface area contributed by atoms with Crippen molar-refractivity contribution in [3.63, 3.8) is 0 Å². The summed E-state index contributed by atoms with van der Waals surface area (Å²) in [5.74, 6) is -1.07. The number of rotatable bonds is 6. The van der Waals surface area contributed by atoms with E-state index < -0.39 is 12.0 Å². The molecule has 0 aromatic heterocycles. The van der Waals surface area contributed by atoms with Crippen molar-refractivity contribution in [1.29, 1.82) is 0 Å². The first-order valence-corrected chi connectivity index (χ1v) is 6.40. The van der Waals surface area contributed by atoms with Crippen LogP contribution >= 0.6 is 11.8 Å². The van der Waals surface area contributed by atoms with Crippen LogP contribution in [0.15, 0.2) is 29.2 Å². The van der Waals surface area contributed by atoms with Gasteiger partial charge in [0.25, 0.3) is 0 Å². The molecule has 1 atom stereocenters. The number of carbonyl (C=O) groups is 2. The quantitative estimate of drug-likeness (QED) is 0.596. The minimum Gasteiger partial charge on any atom is -0.480 e. The van der Waals surface area contributed by atoms with E-state index in [9.17, 15) is 9.59 Å². The fourth-order valence-corrected chi connectivity index (χ4v) is 1.62. The van der Waals surface area contributed by atoms with E-state index >= 15 is 0 Å². The molecule has 1 unspecified atom stereocenters. The van der Waals surface area contributed by atoms with Crippen LogP contribution in [0.3, 0.4) is 0 Å². The van der Waals surface area contributed by atoms with Gasteiger partial charge in [0.15, 0.2) is 5.78 Å². The Morgan fingerprint density at radius 2 is 1.94 bits per heavy atom. The van der Waals surface area contributed by atoms with Gasteiger partial charge in [-0.1, -0.05) is 12.1 Å². The molecule has 1 aromatic rings. The highest BCUT2D eigenvalue weighted by atomic mass is 32.2. The first kappa shape index (κ1) is 13.7. The molecule has 1 rings (SSSR count). The van der Waals surface area contributed by atoms with Crippen LogP contribution in [0.1, 0.15) is 17.3 Å². The second kappa shape index (κ2) is 6.42. The topological polar surface area (TPSA) is 66.4 Å². The average molecular weight is 253 g/mol. The summed E-state index contributed by atoms with van der Waals surface area (Å²) in [6.07, 6.45) is 1.97. The Balaban J connectivity index is 2.55. The predicted molar refractivity (Wildman–Crippen MR) is 67.7 cm³/mol. The molecule has 0 amide bonds. The lowest BCUT2D eigenvalue weighted by Gasteiger charge is -2.08. The summed E-state index contributed by atoms with van der Waals surface area (Å²) >= 11 is 1.61. The van der Waals surface area contributed by atoms with Gasteiger partial charge in [0.1, 0.15) is 6.04 Å². The molecular weight excluding hydrogens is 238 g/mol. The molecule has 0 aliphatic heterocycles. The average Bonchev–Trinajstić information content (AvgIpc) is 2.35. The summed E-state index contributed by atoms with van der Waals surface area (Å²) < 4.78 is 0. The highest BCUT2D eigenvalue weighted by Crippen LogP contribution is 2.14. The van der Waals surface area contributed by atoms with Gasteiger partial charge in [-0.25, -0.2) is 0 Å². The van der Waals surface area contributed by atoms with Crippen LogP contribution in [-0.2, 0) is 4.79 Å². The molecule has 17 heavy (non-hydrogen) atoms. The number of carboxylic acids is 1. The van der Waals surface area contributed by atoms with Crippen molar-refractivity contribution in [2.45, 2.75) is 17.9 Å². The van der Waals surface area contributed by atoms with Crippen LogP contribution in [0.25, 0.3) is 0 Å². The van der Waals surface area contributed by atoms with Crippen molar-refractivity contribution in [2.75, 3.05) is 12.8 Å². The number of carboxylic acid groups (broad SMARTS) is 1. The zero-order chi connectivity index (χ0) is 12.8. The number of benzene rings is 1. The molecule has 4 nitrogen and oxygen atoms in total. The molecule has 0 saturated carbocycles. The first-order chi connectivity index (χ1) is 8.04. The molecule has 0 radical (unpaired) electrons. The van der Waals surface area contributed by atoms with Gasteiger partial charge in [0.2, 0.25) is 0 Å². The zero-order valence-corrected chi connectivity index (χ0v) is 10.6. The summed E-state index contributed by atoms with van der Waals surface area (Å²) in [6, 6.07) is 6.53. The lowest BCUT2D eigenvalue weighted by Crippen LogP contribution is -2.37. The second-order valence-electron chi connectivity index (χ2n) is 3.59. The van der Waals surface area contributed by atoms with Gasteiger partial charge in [-0.2, -0.15) is 0 Å². The lowest BCUT2D eigenvalue weighted by molar-refractivity contribution is -0.138. The van der Waals surface area contributed by atoms with Crippen LogP contribution in [0, 0.1) is 0 Å². The van der Waals surface area contributed by atoms with Crippen LogP contribution in [0.2, 0.25) is 0 Å². The standard InChI is InChI=1S/C12H15NO3S/c1-8(12(15)16)13-7-11(14)9-3-5-10(17-2)6-4-9/h3-6,8,13H,7H2,1-2H3,(H,15,16). The number of hydrogen-bond acceptors (Lipinski definition) is 4. The second-order valence-corrected chi connectivity index (χ2v) is 4.47. The number of nitrogens with one attached hydrogen (secondary N) is 1. The maximum atomic E-state index is 11.7. The van der Waals surface area contributed by atoms with Gasteiger partial charge >= 0.3 is 5.97 Å². The van der Waals surface area contributed by atoms with Crippen molar-refractivity contribution >= 4 is 23.5 Å². The number of Topliss-reactive ketones (excluding diaryl/α,β-unsaturated/α-hetero) is 1. The summed E-state index contributed by atoms with van der Waals surface area (Å²) in [5, 5.41) is 11.3. The summed E-state index contributed by atoms with van der Waals surface area (Å²) in [5.41, 5.74) is 0.591. The summed E-state index contributed by atoms with van der Waals surface area (Å²) in [4.78, 5) is 23.4.